The fourth-order valence-corrected chi connectivity index (χ4v) is 1.02. The topological polar surface area (TPSA) is 50.4 Å². The molecule has 0 radical (unpaired) electrons. The highest BCUT2D eigenvalue weighted by Crippen LogP contribution is 2.04. The van der Waals surface area contributed by atoms with Crippen LogP contribution in [0.2, 0.25) is 0 Å². The predicted molar refractivity (Wildman–Crippen MR) is 59.4 cm³/mol. The lowest BCUT2D eigenvalue weighted by Crippen LogP contribution is -2.28. The molecule has 0 bridgehead atoms. The summed E-state index contributed by atoms with van der Waals surface area (Å²) in [7, 11) is 0. The molecule has 0 aliphatic carbocycles. The molecule has 1 rings (SSSR count). The fourth-order valence-electron chi connectivity index (χ4n) is 1.02. The monoisotopic (exact) mass is 206 g/mol. The summed E-state index contributed by atoms with van der Waals surface area (Å²) in [5.74, 6) is 0.242. The first-order valence-corrected chi connectivity index (χ1v) is 4.67. The Morgan fingerprint density at radius 2 is 2.07 bits per heavy atom. The Balaban J connectivity index is 2.40. The van der Waals surface area contributed by atoms with Gasteiger partial charge in [0.2, 0.25) is 0 Å². The van der Waals surface area contributed by atoms with Gasteiger partial charge in [-0.05, 0) is 25.6 Å². The van der Waals surface area contributed by atoms with E-state index in [0.717, 1.165) is 5.69 Å². The van der Waals surface area contributed by atoms with E-state index in [-0.39, 0.29) is 11.9 Å². The molecule has 0 aliphatic rings. The average Bonchev–Trinajstić information content (AvgIpc) is 2.19. The summed E-state index contributed by atoms with van der Waals surface area (Å²) in [5.41, 5.74) is 0.722. The predicted octanol–water partition coefficient (Wildman–Crippen LogP) is 2.32. The molecule has 0 aliphatic heterocycles. The zero-order valence-corrected chi connectivity index (χ0v) is 8.62. The Hall–Kier alpha value is -1.97. The molecular weight excluding hydrogens is 192 g/mol. The number of carbonyl (C=O) groups excluding carboxylic acids is 1. The van der Waals surface area contributed by atoms with Crippen molar-refractivity contribution in [3.63, 3.8) is 0 Å². The average molecular weight is 206 g/mol. The minimum absolute atomic E-state index is 0.242. The molecule has 80 valence electrons. The zero-order valence-electron chi connectivity index (χ0n) is 8.62. The van der Waals surface area contributed by atoms with Gasteiger partial charge in [-0.3, -0.25) is 5.32 Å². The van der Waals surface area contributed by atoms with E-state index in [1.807, 2.05) is 25.1 Å². The molecule has 0 fully saturated rings. The van der Waals surface area contributed by atoms with Gasteiger partial charge in [0.1, 0.15) is 0 Å². The number of hydrogen-bond acceptors (Lipinski definition) is 2. The molecule has 0 saturated heterocycles. The first kappa shape index (κ1) is 11.1. The SMILES string of the molecule is C=C(NC(=O)Nc1ccccc1)OCC. The van der Waals surface area contributed by atoms with Gasteiger partial charge >= 0.3 is 6.03 Å². The largest absolute Gasteiger partial charge is 0.480 e. The highest BCUT2D eigenvalue weighted by molar-refractivity contribution is 5.90. The summed E-state index contributed by atoms with van der Waals surface area (Å²) in [5, 5.41) is 5.10. The maximum absolute atomic E-state index is 11.3. The highest BCUT2D eigenvalue weighted by atomic mass is 16.5. The summed E-state index contributed by atoms with van der Waals surface area (Å²) >= 11 is 0. The molecule has 0 aromatic heterocycles. The number of para-hydroxylation sites is 1. The van der Waals surface area contributed by atoms with Gasteiger partial charge in [-0.15, -0.1) is 0 Å². The van der Waals surface area contributed by atoms with E-state index < -0.39 is 0 Å². The Kier molecular flexibility index (Phi) is 4.22. The number of nitrogens with one attached hydrogen (secondary N) is 2. The summed E-state index contributed by atoms with van der Waals surface area (Å²) in [6.07, 6.45) is 0. The second kappa shape index (κ2) is 5.70. The number of rotatable bonds is 4. The van der Waals surface area contributed by atoms with Crippen molar-refractivity contribution in [1.29, 1.82) is 0 Å². The molecule has 15 heavy (non-hydrogen) atoms. The summed E-state index contributed by atoms with van der Waals surface area (Å²) < 4.78 is 4.98. The maximum Gasteiger partial charge on any atom is 0.325 e. The third kappa shape index (κ3) is 4.17. The Morgan fingerprint density at radius 3 is 2.67 bits per heavy atom. The molecule has 0 atom stereocenters. The number of hydrogen-bond donors (Lipinski definition) is 2. The van der Waals surface area contributed by atoms with E-state index in [2.05, 4.69) is 17.2 Å². The molecule has 1 aromatic rings. The molecule has 0 spiro atoms. The van der Waals surface area contributed by atoms with Crippen LogP contribution in [-0.2, 0) is 4.74 Å². The number of ether oxygens (including phenoxy) is 1. The third-order valence-electron chi connectivity index (χ3n) is 1.60. The zero-order chi connectivity index (χ0) is 11.1. The van der Waals surface area contributed by atoms with Gasteiger partial charge in [-0.1, -0.05) is 18.2 Å². The van der Waals surface area contributed by atoms with Gasteiger partial charge in [0, 0.05) is 5.69 Å². The van der Waals surface area contributed by atoms with Gasteiger partial charge in [-0.25, -0.2) is 4.79 Å². The van der Waals surface area contributed by atoms with Crippen LogP contribution in [0.5, 0.6) is 0 Å². The second-order valence-corrected chi connectivity index (χ2v) is 2.80. The fraction of sp³-hybridized carbons (Fsp3) is 0.182. The molecule has 4 nitrogen and oxygen atoms in total. The normalized spacial score (nSPS) is 9.13. The Bertz CT molecular complexity index is 336. The summed E-state index contributed by atoms with van der Waals surface area (Å²) in [6.45, 7) is 5.83. The van der Waals surface area contributed by atoms with Crippen LogP contribution >= 0.6 is 0 Å². The van der Waals surface area contributed by atoms with Crippen molar-refractivity contribution in [3.05, 3.63) is 42.8 Å². The number of benzene rings is 1. The van der Waals surface area contributed by atoms with Crippen molar-refractivity contribution in [3.8, 4) is 0 Å². The lowest BCUT2D eigenvalue weighted by molar-refractivity contribution is 0.204. The van der Waals surface area contributed by atoms with E-state index in [1.165, 1.54) is 0 Å². The second-order valence-electron chi connectivity index (χ2n) is 2.80. The third-order valence-corrected chi connectivity index (χ3v) is 1.60. The van der Waals surface area contributed by atoms with Gasteiger partial charge < -0.3 is 10.1 Å². The van der Waals surface area contributed by atoms with Crippen LogP contribution in [-0.4, -0.2) is 12.6 Å². The Labute approximate surface area is 88.9 Å². The van der Waals surface area contributed by atoms with Gasteiger partial charge in [-0.2, -0.15) is 0 Å². The van der Waals surface area contributed by atoms with Crippen LogP contribution in [0, 0.1) is 0 Å². The number of anilines is 1. The van der Waals surface area contributed by atoms with E-state index >= 15 is 0 Å². The van der Waals surface area contributed by atoms with Crippen LogP contribution in [0.15, 0.2) is 42.8 Å². The highest BCUT2D eigenvalue weighted by Gasteiger charge is 2.02. The van der Waals surface area contributed by atoms with E-state index in [4.69, 9.17) is 4.74 Å². The molecule has 2 amide bonds. The molecule has 4 heteroatoms. The maximum atomic E-state index is 11.3. The first-order valence-electron chi connectivity index (χ1n) is 4.67. The lowest BCUT2D eigenvalue weighted by Gasteiger charge is -2.09. The van der Waals surface area contributed by atoms with Gasteiger partial charge in [0.05, 0.1) is 6.61 Å². The van der Waals surface area contributed by atoms with Crippen LogP contribution in [0.3, 0.4) is 0 Å². The minimum Gasteiger partial charge on any atom is -0.480 e. The number of amides is 2. The Morgan fingerprint density at radius 1 is 1.40 bits per heavy atom. The molecule has 1 aromatic carbocycles. The number of urea groups is 1. The van der Waals surface area contributed by atoms with Crippen LogP contribution in [0.4, 0.5) is 10.5 Å². The molecule has 0 unspecified atom stereocenters. The van der Waals surface area contributed by atoms with Crippen LogP contribution < -0.4 is 10.6 Å². The van der Waals surface area contributed by atoms with E-state index in [9.17, 15) is 4.79 Å². The van der Waals surface area contributed by atoms with E-state index in [0.29, 0.717) is 6.61 Å². The minimum atomic E-state index is -0.361. The standard InChI is InChI=1S/C11H14N2O2/c1-3-15-9(2)12-11(14)13-10-7-5-4-6-8-10/h4-8H,2-3H2,1H3,(H2,12,13,14). The van der Waals surface area contributed by atoms with Crippen LogP contribution in [0.25, 0.3) is 0 Å². The van der Waals surface area contributed by atoms with Crippen molar-refractivity contribution in [2.75, 3.05) is 11.9 Å². The van der Waals surface area contributed by atoms with Crippen molar-refractivity contribution in [2.45, 2.75) is 6.92 Å². The van der Waals surface area contributed by atoms with Gasteiger partial charge in [0.25, 0.3) is 0 Å². The van der Waals surface area contributed by atoms with E-state index in [1.54, 1.807) is 12.1 Å². The lowest BCUT2D eigenvalue weighted by atomic mass is 10.3. The van der Waals surface area contributed by atoms with Gasteiger partial charge in [0.15, 0.2) is 5.88 Å². The molecule has 2 N–H and O–H groups in total. The van der Waals surface area contributed by atoms with Crippen molar-refractivity contribution >= 4 is 11.7 Å². The van der Waals surface area contributed by atoms with Crippen molar-refractivity contribution < 1.29 is 9.53 Å². The summed E-state index contributed by atoms with van der Waals surface area (Å²) in [6, 6.07) is 8.79. The van der Waals surface area contributed by atoms with Crippen LogP contribution in [0.1, 0.15) is 6.92 Å². The van der Waals surface area contributed by atoms with Crippen molar-refractivity contribution in [2.24, 2.45) is 0 Å². The number of carbonyl (C=O) groups is 1. The first-order chi connectivity index (χ1) is 7.22. The molecular formula is C11H14N2O2. The molecule has 0 saturated carbocycles. The smallest absolute Gasteiger partial charge is 0.325 e. The van der Waals surface area contributed by atoms with Crippen molar-refractivity contribution in [1.82, 2.24) is 5.32 Å². The summed E-state index contributed by atoms with van der Waals surface area (Å²) in [4.78, 5) is 11.3. The quantitative estimate of drug-likeness (QED) is 0.743. The molecule has 0 heterocycles.